The van der Waals surface area contributed by atoms with Gasteiger partial charge in [0.1, 0.15) is 0 Å². The molecule has 176 valence electrons. The number of benzene rings is 2. The van der Waals surface area contributed by atoms with Crippen molar-refractivity contribution in [1.82, 2.24) is 9.62 Å². The van der Waals surface area contributed by atoms with Crippen molar-refractivity contribution in [3.63, 3.8) is 0 Å². The summed E-state index contributed by atoms with van der Waals surface area (Å²) in [4.78, 5) is 26.2. The van der Waals surface area contributed by atoms with E-state index in [1.165, 1.54) is 16.4 Å². The second-order valence-corrected chi connectivity index (χ2v) is 10.6. The smallest absolute Gasteiger partial charge is 0.270 e. The van der Waals surface area contributed by atoms with Crippen LogP contribution in [-0.2, 0) is 10.0 Å². The van der Waals surface area contributed by atoms with Crippen LogP contribution in [0.25, 0.3) is 0 Å². The van der Waals surface area contributed by atoms with E-state index in [1.54, 1.807) is 30.3 Å². The summed E-state index contributed by atoms with van der Waals surface area (Å²) < 4.78 is 27.3. The van der Waals surface area contributed by atoms with Gasteiger partial charge in [-0.2, -0.15) is 4.31 Å². The van der Waals surface area contributed by atoms with Gasteiger partial charge < -0.3 is 10.2 Å². The number of non-ortho nitro benzene ring substituents is 1. The van der Waals surface area contributed by atoms with Crippen LogP contribution < -0.4 is 10.2 Å². The van der Waals surface area contributed by atoms with E-state index < -0.39 is 14.9 Å². The number of sulfonamides is 1. The molecule has 10 heteroatoms. The Morgan fingerprint density at radius 2 is 1.67 bits per heavy atom. The van der Waals surface area contributed by atoms with Crippen LogP contribution in [0.1, 0.15) is 41.6 Å². The second kappa shape index (κ2) is 9.48. The highest BCUT2D eigenvalue weighted by Gasteiger charge is 2.31. The van der Waals surface area contributed by atoms with Gasteiger partial charge in [-0.15, -0.1) is 0 Å². The molecule has 0 bridgehead atoms. The first-order valence-electron chi connectivity index (χ1n) is 11.2. The minimum atomic E-state index is -3.58. The molecule has 0 aliphatic carbocycles. The Hall–Kier alpha value is -2.98. The molecule has 9 nitrogen and oxygen atoms in total. The van der Waals surface area contributed by atoms with Crippen LogP contribution in [0, 0.1) is 17.0 Å². The molecule has 33 heavy (non-hydrogen) atoms. The average molecular weight is 473 g/mol. The zero-order chi connectivity index (χ0) is 23.6. The van der Waals surface area contributed by atoms with Crippen molar-refractivity contribution in [3.05, 3.63) is 63.7 Å². The molecule has 0 saturated carbocycles. The molecule has 0 atom stereocenters. The van der Waals surface area contributed by atoms with Crippen LogP contribution in [0.4, 0.5) is 11.4 Å². The van der Waals surface area contributed by atoms with Gasteiger partial charge in [0.05, 0.1) is 21.1 Å². The molecule has 0 unspecified atom stereocenters. The van der Waals surface area contributed by atoms with Crippen molar-refractivity contribution in [1.29, 1.82) is 0 Å². The first-order chi connectivity index (χ1) is 15.8. The van der Waals surface area contributed by atoms with Crippen molar-refractivity contribution in [3.8, 4) is 0 Å². The molecule has 2 aliphatic heterocycles. The fourth-order valence-corrected chi connectivity index (χ4v) is 5.89. The van der Waals surface area contributed by atoms with Gasteiger partial charge >= 0.3 is 0 Å². The molecular weight excluding hydrogens is 444 g/mol. The summed E-state index contributed by atoms with van der Waals surface area (Å²) in [6.45, 7) is 4.13. The van der Waals surface area contributed by atoms with E-state index in [4.69, 9.17) is 0 Å². The van der Waals surface area contributed by atoms with Gasteiger partial charge in [-0.3, -0.25) is 14.9 Å². The number of amides is 1. The van der Waals surface area contributed by atoms with Gasteiger partial charge in [-0.1, -0.05) is 17.7 Å². The fourth-order valence-electron chi connectivity index (χ4n) is 4.42. The van der Waals surface area contributed by atoms with Crippen LogP contribution in [0.15, 0.2) is 47.4 Å². The van der Waals surface area contributed by atoms with E-state index >= 15 is 0 Å². The molecule has 2 fully saturated rings. The number of piperidine rings is 1. The number of nitro groups is 1. The lowest BCUT2D eigenvalue weighted by Gasteiger charge is -2.32. The number of nitrogens with one attached hydrogen (secondary N) is 1. The average Bonchev–Trinajstić information content (AvgIpc) is 3.34. The summed E-state index contributed by atoms with van der Waals surface area (Å²) in [5.41, 5.74) is 1.86. The van der Waals surface area contributed by atoms with E-state index in [0.717, 1.165) is 31.5 Å². The number of carbonyl (C=O) groups is 1. The quantitative estimate of drug-likeness (QED) is 0.511. The van der Waals surface area contributed by atoms with Gasteiger partial charge in [0, 0.05) is 44.4 Å². The van der Waals surface area contributed by atoms with Gasteiger partial charge in [0.25, 0.3) is 11.6 Å². The largest absolute Gasteiger partial charge is 0.371 e. The topological polar surface area (TPSA) is 113 Å². The monoisotopic (exact) mass is 472 g/mol. The molecular formula is C23H28N4O5S. The second-order valence-electron chi connectivity index (χ2n) is 8.62. The third kappa shape index (κ3) is 5.01. The zero-order valence-corrected chi connectivity index (χ0v) is 19.4. The summed E-state index contributed by atoms with van der Waals surface area (Å²) in [5, 5.41) is 14.2. The lowest BCUT2D eigenvalue weighted by atomic mass is 10.0. The standard InChI is InChI=1S/C23H28N4O5S/c1-17-4-7-20(8-5-17)33(31,32)26-14-10-18(11-15-26)24-23(28)21-16-19(27(29)30)6-9-22(21)25-12-2-3-13-25/h4-9,16,18H,2-3,10-15H2,1H3,(H,24,28). The summed E-state index contributed by atoms with van der Waals surface area (Å²) in [7, 11) is -3.58. The summed E-state index contributed by atoms with van der Waals surface area (Å²) >= 11 is 0. The van der Waals surface area contributed by atoms with Gasteiger partial charge in [0.2, 0.25) is 10.0 Å². The lowest BCUT2D eigenvalue weighted by Crippen LogP contribution is -2.46. The van der Waals surface area contributed by atoms with Crippen molar-refractivity contribution in [2.45, 2.75) is 43.5 Å². The van der Waals surface area contributed by atoms with E-state index in [-0.39, 0.29) is 22.5 Å². The zero-order valence-electron chi connectivity index (χ0n) is 18.6. The Bertz CT molecular complexity index is 1140. The number of hydrogen-bond acceptors (Lipinski definition) is 6. The molecule has 1 N–H and O–H groups in total. The van der Waals surface area contributed by atoms with Gasteiger partial charge in [-0.25, -0.2) is 8.42 Å². The normalized spacial score (nSPS) is 17.8. The maximum absolute atomic E-state index is 13.1. The predicted octanol–water partition coefficient (Wildman–Crippen LogP) is 3.09. The molecule has 2 saturated heterocycles. The summed E-state index contributed by atoms with van der Waals surface area (Å²) in [6, 6.07) is 11.0. The van der Waals surface area contributed by atoms with Crippen LogP contribution >= 0.6 is 0 Å². The highest BCUT2D eigenvalue weighted by atomic mass is 32.2. The summed E-state index contributed by atoms with van der Waals surface area (Å²) in [5.74, 6) is -0.361. The van der Waals surface area contributed by atoms with Gasteiger partial charge in [-0.05, 0) is 50.8 Å². The number of carbonyl (C=O) groups excluding carboxylic acids is 1. The van der Waals surface area contributed by atoms with E-state index in [2.05, 4.69) is 10.2 Å². The minimum Gasteiger partial charge on any atom is -0.371 e. The van der Waals surface area contributed by atoms with Crippen molar-refractivity contribution < 1.29 is 18.1 Å². The van der Waals surface area contributed by atoms with E-state index in [9.17, 15) is 23.3 Å². The molecule has 2 aromatic carbocycles. The van der Waals surface area contributed by atoms with Crippen molar-refractivity contribution >= 4 is 27.3 Å². The maximum atomic E-state index is 13.1. The third-order valence-electron chi connectivity index (χ3n) is 6.33. The Kier molecular flexibility index (Phi) is 6.66. The van der Waals surface area contributed by atoms with Crippen LogP contribution in [0.2, 0.25) is 0 Å². The maximum Gasteiger partial charge on any atom is 0.270 e. The lowest BCUT2D eigenvalue weighted by molar-refractivity contribution is -0.384. The third-order valence-corrected chi connectivity index (χ3v) is 8.24. The number of aryl methyl sites for hydroxylation is 1. The fraction of sp³-hybridized carbons (Fsp3) is 0.435. The highest BCUT2D eigenvalue weighted by Crippen LogP contribution is 2.29. The number of hydrogen-bond donors (Lipinski definition) is 1. The molecule has 0 aromatic heterocycles. The molecule has 1 amide bonds. The van der Waals surface area contributed by atoms with E-state index in [1.807, 2.05) is 6.92 Å². The molecule has 0 spiro atoms. The Morgan fingerprint density at radius 3 is 2.27 bits per heavy atom. The number of anilines is 1. The minimum absolute atomic E-state index is 0.123. The van der Waals surface area contributed by atoms with Crippen LogP contribution in [-0.4, -0.2) is 55.8 Å². The summed E-state index contributed by atoms with van der Waals surface area (Å²) in [6.07, 6.45) is 2.99. The van der Waals surface area contributed by atoms with Crippen LogP contribution in [0.3, 0.4) is 0 Å². The van der Waals surface area contributed by atoms with Gasteiger partial charge in [0.15, 0.2) is 0 Å². The molecule has 4 rings (SSSR count). The molecule has 2 heterocycles. The highest BCUT2D eigenvalue weighted by molar-refractivity contribution is 7.89. The molecule has 2 aromatic rings. The Labute approximate surface area is 193 Å². The first kappa shape index (κ1) is 23.2. The Balaban J connectivity index is 1.44. The number of nitrogens with zero attached hydrogens (tertiary/aromatic N) is 3. The SMILES string of the molecule is Cc1ccc(S(=O)(=O)N2CCC(NC(=O)c3cc([N+](=O)[O-])ccc3N3CCCC3)CC2)cc1. The number of nitro benzene ring substituents is 1. The predicted molar refractivity (Wildman–Crippen MR) is 125 cm³/mol. The number of rotatable bonds is 6. The van der Waals surface area contributed by atoms with Crippen molar-refractivity contribution in [2.75, 3.05) is 31.1 Å². The molecule has 2 aliphatic rings. The van der Waals surface area contributed by atoms with Crippen LogP contribution in [0.5, 0.6) is 0 Å². The Morgan fingerprint density at radius 1 is 1.03 bits per heavy atom. The van der Waals surface area contributed by atoms with E-state index in [0.29, 0.717) is 37.2 Å². The first-order valence-corrected chi connectivity index (χ1v) is 12.6. The molecule has 0 radical (unpaired) electrons. The van der Waals surface area contributed by atoms with Crippen molar-refractivity contribution in [2.24, 2.45) is 0 Å².